The zero-order chi connectivity index (χ0) is 12.1. The zero-order valence-electron chi connectivity index (χ0n) is 9.33. The average Bonchev–Trinajstić information content (AvgIpc) is 2.16. The molecular weight excluding hydrogens is 198 g/mol. The van der Waals surface area contributed by atoms with Gasteiger partial charge in [0.1, 0.15) is 0 Å². The largest absolute Gasteiger partial charge is 0.394 e. The van der Waals surface area contributed by atoms with Gasteiger partial charge in [0.2, 0.25) is 5.91 Å². The minimum absolute atomic E-state index is 0.0856. The highest BCUT2D eigenvalue weighted by Crippen LogP contribution is 2.08. The second-order valence-electron chi connectivity index (χ2n) is 3.79. The Morgan fingerprint density at radius 1 is 1.53 bits per heavy atom. The fourth-order valence-electron chi connectivity index (χ4n) is 1.08. The van der Waals surface area contributed by atoms with Crippen LogP contribution in [0.25, 0.3) is 0 Å². The van der Waals surface area contributed by atoms with Crippen molar-refractivity contribution in [3.05, 3.63) is 0 Å². The van der Waals surface area contributed by atoms with Crippen LogP contribution in [0.4, 0.5) is 4.79 Å². The topological polar surface area (TPSA) is 104 Å². The third-order valence-corrected chi connectivity index (χ3v) is 2.33. The number of nitrogens with two attached hydrogens (primary N) is 1. The Balaban J connectivity index is 4.28. The summed E-state index contributed by atoms with van der Waals surface area (Å²) in [6.07, 6.45) is 0.664. The number of carbonyl (C=O) groups excluding carboxylic acids is 2. The Morgan fingerprint density at radius 3 is 2.40 bits per heavy atom. The van der Waals surface area contributed by atoms with E-state index in [0.29, 0.717) is 6.42 Å². The highest BCUT2D eigenvalue weighted by Gasteiger charge is 2.26. The molecule has 6 nitrogen and oxygen atoms in total. The van der Waals surface area contributed by atoms with Crippen molar-refractivity contribution in [1.82, 2.24) is 10.6 Å². The van der Waals surface area contributed by atoms with Gasteiger partial charge in [-0.25, -0.2) is 4.79 Å². The van der Waals surface area contributed by atoms with E-state index in [1.165, 1.54) is 0 Å². The number of imide groups is 1. The van der Waals surface area contributed by atoms with E-state index in [0.717, 1.165) is 0 Å². The number of rotatable bonds is 5. The van der Waals surface area contributed by atoms with Crippen LogP contribution < -0.4 is 16.4 Å². The molecule has 15 heavy (non-hydrogen) atoms. The Labute approximate surface area is 89.2 Å². The molecule has 0 radical (unpaired) electrons. The van der Waals surface area contributed by atoms with Gasteiger partial charge in [0.25, 0.3) is 0 Å². The first-order chi connectivity index (χ1) is 6.84. The van der Waals surface area contributed by atoms with Crippen LogP contribution in [0.15, 0.2) is 0 Å². The molecular formula is C9H19N3O3. The number of urea groups is 1. The fraction of sp³-hybridized carbons (Fsp3) is 0.778. The molecule has 0 aliphatic rings. The quantitative estimate of drug-likeness (QED) is 0.489. The molecule has 2 atom stereocenters. The SMILES string of the molecule is CCC(C)(CO)NC(C)C(=O)NC(N)=O. The normalized spacial score (nSPS) is 16.5. The molecule has 0 aromatic carbocycles. The van der Waals surface area contributed by atoms with Gasteiger partial charge in [0, 0.05) is 5.54 Å². The van der Waals surface area contributed by atoms with E-state index in [9.17, 15) is 9.59 Å². The van der Waals surface area contributed by atoms with Crippen LogP contribution >= 0.6 is 0 Å². The van der Waals surface area contributed by atoms with Crippen molar-refractivity contribution in [2.75, 3.05) is 6.61 Å². The summed E-state index contributed by atoms with van der Waals surface area (Å²) in [7, 11) is 0. The van der Waals surface area contributed by atoms with Gasteiger partial charge in [0.05, 0.1) is 12.6 Å². The summed E-state index contributed by atoms with van der Waals surface area (Å²) in [5, 5.41) is 14.0. The predicted molar refractivity (Wildman–Crippen MR) is 56.1 cm³/mol. The summed E-state index contributed by atoms with van der Waals surface area (Å²) >= 11 is 0. The summed E-state index contributed by atoms with van der Waals surface area (Å²) in [6.45, 7) is 5.20. The van der Waals surface area contributed by atoms with Gasteiger partial charge in [-0.2, -0.15) is 0 Å². The summed E-state index contributed by atoms with van der Waals surface area (Å²) < 4.78 is 0. The maximum absolute atomic E-state index is 11.3. The number of nitrogens with one attached hydrogen (secondary N) is 2. The molecule has 2 unspecified atom stereocenters. The Kier molecular flexibility index (Phi) is 5.24. The van der Waals surface area contributed by atoms with Crippen LogP contribution in [-0.4, -0.2) is 35.2 Å². The smallest absolute Gasteiger partial charge is 0.318 e. The molecule has 0 fully saturated rings. The number of hydrogen-bond donors (Lipinski definition) is 4. The minimum Gasteiger partial charge on any atom is -0.394 e. The standard InChI is InChI=1S/C9H19N3O3/c1-4-9(3,5-13)12-6(2)7(14)11-8(10)15/h6,12-13H,4-5H2,1-3H3,(H3,10,11,14,15). The van der Waals surface area contributed by atoms with Crippen molar-refractivity contribution in [3.8, 4) is 0 Å². The van der Waals surface area contributed by atoms with E-state index >= 15 is 0 Å². The molecule has 0 heterocycles. The van der Waals surface area contributed by atoms with Crippen LogP contribution in [0, 0.1) is 0 Å². The first-order valence-corrected chi connectivity index (χ1v) is 4.83. The third-order valence-electron chi connectivity index (χ3n) is 2.33. The second-order valence-corrected chi connectivity index (χ2v) is 3.79. The molecule has 88 valence electrons. The first kappa shape index (κ1) is 13.9. The summed E-state index contributed by atoms with van der Waals surface area (Å²) in [6, 6.07) is -1.47. The van der Waals surface area contributed by atoms with Crippen molar-refractivity contribution in [1.29, 1.82) is 0 Å². The summed E-state index contributed by atoms with van der Waals surface area (Å²) in [4.78, 5) is 21.7. The number of carbonyl (C=O) groups is 2. The van der Waals surface area contributed by atoms with E-state index < -0.39 is 23.5 Å². The highest BCUT2D eigenvalue weighted by molar-refractivity contribution is 5.96. The molecule has 0 saturated carbocycles. The van der Waals surface area contributed by atoms with Crippen LogP contribution in [0.1, 0.15) is 27.2 Å². The first-order valence-electron chi connectivity index (χ1n) is 4.83. The second kappa shape index (κ2) is 5.67. The van der Waals surface area contributed by atoms with Crippen molar-refractivity contribution < 1.29 is 14.7 Å². The molecule has 0 spiro atoms. The van der Waals surface area contributed by atoms with Gasteiger partial charge in [-0.05, 0) is 20.3 Å². The highest BCUT2D eigenvalue weighted by atomic mass is 16.3. The lowest BCUT2D eigenvalue weighted by Crippen LogP contribution is -2.55. The molecule has 0 aromatic rings. The van der Waals surface area contributed by atoms with E-state index in [2.05, 4.69) is 5.32 Å². The fourth-order valence-corrected chi connectivity index (χ4v) is 1.08. The van der Waals surface area contributed by atoms with Crippen LogP contribution in [-0.2, 0) is 4.79 Å². The molecule has 0 aromatic heterocycles. The van der Waals surface area contributed by atoms with E-state index in [4.69, 9.17) is 10.8 Å². The van der Waals surface area contributed by atoms with Crippen molar-refractivity contribution in [3.63, 3.8) is 0 Å². The maximum Gasteiger partial charge on any atom is 0.318 e. The molecule has 0 aliphatic heterocycles. The molecule has 3 amide bonds. The molecule has 6 heteroatoms. The minimum atomic E-state index is -0.879. The summed E-state index contributed by atoms with van der Waals surface area (Å²) in [5.74, 6) is -0.504. The molecule has 0 bridgehead atoms. The van der Waals surface area contributed by atoms with Gasteiger partial charge in [0.15, 0.2) is 0 Å². The van der Waals surface area contributed by atoms with E-state index in [-0.39, 0.29) is 6.61 Å². The van der Waals surface area contributed by atoms with Crippen LogP contribution in [0.2, 0.25) is 0 Å². The predicted octanol–water partition coefficient (Wildman–Crippen LogP) is -0.680. The van der Waals surface area contributed by atoms with E-state index in [1.807, 2.05) is 12.2 Å². The van der Waals surface area contributed by atoms with Crippen molar-refractivity contribution in [2.45, 2.75) is 38.8 Å². The van der Waals surface area contributed by atoms with Gasteiger partial charge < -0.3 is 10.8 Å². The van der Waals surface area contributed by atoms with Crippen LogP contribution in [0.3, 0.4) is 0 Å². The monoisotopic (exact) mass is 217 g/mol. The third kappa shape index (κ3) is 4.75. The number of hydrogen-bond acceptors (Lipinski definition) is 4. The molecule has 0 saturated heterocycles. The van der Waals surface area contributed by atoms with Gasteiger partial charge in [-0.15, -0.1) is 0 Å². The maximum atomic E-state index is 11.3. The van der Waals surface area contributed by atoms with Crippen molar-refractivity contribution in [2.24, 2.45) is 5.73 Å². The van der Waals surface area contributed by atoms with Gasteiger partial charge in [-0.3, -0.25) is 15.4 Å². The lowest BCUT2D eigenvalue weighted by molar-refractivity contribution is -0.122. The number of amides is 3. The Hall–Kier alpha value is -1.14. The molecule has 0 rings (SSSR count). The Morgan fingerprint density at radius 2 is 2.07 bits per heavy atom. The number of aliphatic hydroxyl groups is 1. The van der Waals surface area contributed by atoms with Gasteiger partial charge in [-0.1, -0.05) is 6.92 Å². The lowest BCUT2D eigenvalue weighted by Gasteiger charge is -2.30. The summed E-state index contributed by atoms with van der Waals surface area (Å²) in [5.41, 5.74) is 4.28. The average molecular weight is 217 g/mol. The van der Waals surface area contributed by atoms with Crippen LogP contribution in [0.5, 0.6) is 0 Å². The van der Waals surface area contributed by atoms with E-state index in [1.54, 1.807) is 13.8 Å². The number of aliphatic hydroxyl groups excluding tert-OH is 1. The number of primary amides is 1. The Bertz CT molecular complexity index is 239. The zero-order valence-corrected chi connectivity index (χ0v) is 9.33. The molecule has 0 aliphatic carbocycles. The lowest BCUT2D eigenvalue weighted by atomic mass is 9.99. The molecule has 5 N–H and O–H groups in total. The van der Waals surface area contributed by atoms with Gasteiger partial charge >= 0.3 is 6.03 Å². The van der Waals surface area contributed by atoms with Crippen molar-refractivity contribution >= 4 is 11.9 Å².